The molecule has 0 aliphatic carbocycles. The second-order valence-corrected chi connectivity index (χ2v) is 103. The van der Waals surface area contributed by atoms with Crippen molar-refractivity contribution < 1.29 is 23.4 Å². The summed E-state index contributed by atoms with van der Waals surface area (Å²) in [5, 5.41) is 7.00. The van der Waals surface area contributed by atoms with Gasteiger partial charge in [-0.05, 0) is 22.3 Å². The van der Waals surface area contributed by atoms with Crippen LogP contribution in [0.5, 0.6) is 0 Å². The van der Waals surface area contributed by atoms with E-state index in [4.69, 9.17) is 5.11 Å². The van der Waals surface area contributed by atoms with E-state index in [1.165, 1.54) is 22.3 Å². The Morgan fingerprint density at radius 3 is 0.636 bits per heavy atom. The maximum absolute atomic E-state index is 7.00. The molecule has 0 atom stereocenters. The Labute approximate surface area is 322 Å². The number of pyridine rings is 4. The van der Waals surface area contributed by atoms with Crippen LogP contribution in [0.1, 0.15) is 0 Å². The van der Waals surface area contributed by atoms with Crippen LogP contribution in [0.15, 0.2) is 98.1 Å². The number of aromatic nitrogens is 4. The molecule has 4 fully saturated rings. The average molecular weight is 1020 g/mol. The van der Waals surface area contributed by atoms with E-state index in [9.17, 15) is 0 Å². The van der Waals surface area contributed by atoms with Crippen molar-refractivity contribution in [1.29, 1.82) is 0 Å². The molecule has 44 heavy (non-hydrogen) atoms. The van der Waals surface area contributed by atoms with Crippen LogP contribution in [0, 0.1) is 0 Å². The molecule has 4 bridgehead atoms. The Bertz CT molecular complexity index is 1120. The van der Waals surface area contributed by atoms with Crippen LogP contribution in [0.3, 0.4) is 0 Å². The molecule has 8 rings (SSSR count). The fraction of sp³-hybridized carbons (Fsp3) is 0.200. The summed E-state index contributed by atoms with van der Waals surface area (Å²) in [5.41, 5.74) is 5.01. The summed E-state index contributed by atoms with van der Waals surface area (Å²) in [7, 11) is 22.8. The van der Waals surface area contributed by atoms with Gasteiger partial charge in [0.2, 0.25) is 0 Å². The minimum atomic E-state index is -0.427. The van der Waals surface area contributed by atoms with E-state index in [2.05, 4.69) is 149 Å². The van der Waals surface area contributed by atoms with E-state index in [1.807, 2.05) is 46.5 Å². The molecule has 0 amide bonds. The van der Waals surface area contributed by atoms with Gasteiger partial charge in [0.1, 0.15) is 28.2 Å². The number of hydrogen-bond donors (Lipinski definition) is 1. The molecule has 0 aromatic carbocycles. The maximum atomic E-state index is 7.00. The van der Waals surface area contributed by atoms with Crippen LogP contribution in [-0.2, 0) is 82.2 Å². The van der Waals surface area contributed by atoms with Crippen molar-refractivity contribution in [3.05, 3.63) is 98.1 Å². The van der Waals surface area contributed by atoms with Gasteiger partial charge in [-0.3, -0.25) is 0 Å². The van der Waals surface area contributed by atoms with Crippen LogP contribution < -0.4 is 18.3 Å². The predicted molar refractivity (Wildman–Crippen MR) is 220 cm³/mol. The van der Waals surface area contributed by atoms with Gasteiger partial charge in [-0.25, -0.2) is 18.3 Å². The van der Waals surface area contributed by atoms with Crippen LogP contribution in [0.25, 0.3) is 22.3 Å². The molecule has 19 heteroatoms. The summed E-state index contributed by atoms with van der Waals surface area (Å²) in [6.45, 7) is 0. The van der Waals surface area contributed by atoms with E-state index in [0.717, 1.165) is 7.11 Å². The summed E-state index contributed by atoms with van der Waals surface area (Å²) in [6, 6.07) is 17.0. The molecule has 0 unspecified atom stereocenters. The third kappa shape index (κ3) is 15.0. The van der Waals surface area contributed by atoms with Crippen LogP contribution in [0.2, 0.25) is 0 Å². The second kappa shape index (κ2) is 24.4. The minimum absolute atomic E-state index is 0. The third-order valence-electron chi connectivity index (χ3n) is 5.58. The normalized spacial score (nSPS) is 14.8. The van der Waals surface area contributed by atoms with Gasteiger partial charge in [0.05, 0.1) is 0 Å². The molecule has 4 radical (unpaired) electrons. The van der Waals surface area contributed by atoms with Crippen LogP contribution >= 0.6 is 50.5 Å². The zero-order valence-corrected chi connectivity index (χ0v) is 41.6. The molecular formula is C25H36Ge4N4OS10. The van der Waals surface area contributed by atoms with Gasteiger partial charge in [0.15, 0.2) is 49.6 Å². The molecule has 5 nitrogen and oxygen atoms in total. The van der Waals surface area contributed by atoms with Gasteiger partial charge in [-0.1, -0.05) is 0 Å². The molecule has 4 aliphatic heterocycles. The molecular weight excluding hydrogens is 983 g/mol. The standard InChI is InChI=1S/2C12H14N2.CH4O.Ge4S6.4H2S/c2*1-13-7-3-11(4-8-13)12-5-9-14(2)10-6-12;1-2;5-1-6-3-8-2(5)9-4(7-1)10-3;;;;/h2*3-10H,1-2H3;2H,1H3;;4*1H2/q2*+2;;;;;;/p-4. The van der Waals surface area contributed by atoms with Gasteiger partial charge < -0.3 is 59.1 Å². The molecule has 0 saturated carbocycles. The van der Waals surface area contributed by atoms with Gasteiger partial charge in [-0.15, -0.1) is 0 Å². The fourth-order valence-corrected chi connectivity index (χ4v) is 616. The molecule has 8 heterocycles. The first kappa shape index (κ1) is 46.2. The molecule has 4 aromatic rings. The number of thiol groups is 4. The quantitative estimate of drug-likeness (QED) is 0.140. The molecule has 4 aromatic heterocycles. The Balaban J connectivity index is 0.000000592. The van der Waals surface area contributed by atoms with Gasteiger partial charge >= 0.3 is 94.2 Å². The van der Waals surface area contributed by atoms with Crippen LogP contribution in [0.4, 0.5) is 0 Å². The van der Waals surface area contributed by atoms with E-state index < -0.39 is 43.7 Å². The van der Waals surface area contributed by atoms with E-state index in [-0.39, 0.29) is 54.0 Å². The summed E-state index contributed by atoms with van der Waals surface area (Å²) in [4.78, 5) is 0. The van der Waals surface area contributed by atoms with E-state index in [1.54, 1.807) is 0 Å². The monoisotopic (exact) mass is 1020 g/mol. The summed E-state index contributed by atoms with van der Waals surface area (Å²) < 4.78 is 8.14. The topological polar surface area (TPSA) is 35.8 Å². The zero-order valence-electron chi connectivity index (χ0n) is 24.7. The van der Waals surface area contributed by atoms with Gasteiger partial charge in [0.25, 0.3) is 0 Å². The van der Waals surface area contributed by atoms with E-state index >= 15 is 0 Å². The van der Waals surface area contributed by atoms with Gasteiger partial charge in [0, 0.05) is 55.6 Å². The van der Waals surface area contributed by atoms with Crippen molar-refractivity contribution in [3.8, 4) is 22.3 Å². The van der Waals surface area contributed by atoms with E-state index in [0.29, 0.717) is 0 Å². The summed E-state index contributed by atoms with van der Waals surface area (Å²) in [6.07, 6.45) is 16.5. The first-order valence-electron chi connectivity index (χ1n) is 12.2. The molecule has 4 aliphatic rings. The first-order valence-corrected chi connectivity index (χ1v) is 48.0. The Hall–Kier alpha value is 2.23. The summed E-state index contributed by atoms with van der Waals surface area (Å²) in [5.74, 6) is 0. The van der Waals surface area contributed by atoms with Gasteiger partial charge in [-0.2, -0.15) is 0 Å². The number of aliphatic hydroxyl groups is 1. The van der Waals surface area contributed by atoms with Crippen molar-refractivity contribution in [2.75, 3.05) is 7.11 Å². The Morgan fingerprint density at radius 2 is 0.500 bits per heavy atom. The first-order chi connectivity index (χ1) is 19.4. The number of rotatable bonds is 2. The average Bonchev–Trinajstić information content (AvgIpc) is 2.96. The third-order valence-corrected chi connectivity index (χ3v) is 248. The molecule has 4 saturated heterocycles. The van der Waals surface area contributed by atoms with Crippen molar-refractivity contribution in [2.45, 2.75) is 0 Å². The zero-order chi connectivity index (χ0) is 28.5. The number of nitrogens with zero attached hydrogens (tertiary/aromatic N) is 4. The molecule has 1 N–H and O–H groups in total. The SMILES string of the molecule is CO.C[n+]1ccc(-c2cc[n+](C)cc2)cc1.C[n+]1ccc(-c2cc[n+](C)cc2)cc1.[SH-].[SH-].[SH-].[SH-].[S]1[Ge]2[S][Ge]3[S][Ge]1[S][Ge]([S]2)[S]3. The number of aliphatic hydroxyl groups excluding tert-OH is 1. The van der Waals surface area contributed by atoms with Crippen molar-refractivity contribution >= 4 is 148 Å². The molecule has 238 valence electrons. The van der Waals surface area contributed by atoms with Crippen LogP contribution in [-0.4, -0.2) is 55.9 Å². The fourth-order valence-electron chi connectivity index (χ4n) is 3.43. The van der Waals surface area contributed by atoms with Crippen molar-refractivity contribution in [1.82, 2.24) is 0 Å². The number of hydrogen-bond acceptors (Lipinski definition) is 11. The summed E-state index contributed by atoms with van der Waals surface area (Å²) >= 11 is 0. The second-order valence-electron chi connectivity index (χ2n) is 8.62. The Kier molecular flexibility index (Phi) is 25.6. The number of aryl methyl sites for hydroxylation is 4. The van der Waals surface area contributed by atoms with Crippen molar-refractivity contribution in [2.24, 2.45) is 28.2 Å². The predicted octanol–water partition coefficient (Wildman–Crippen LogP) is 2.90. The molecule has 0 spiro atoms. The Morgan fingerprint density at radius 1 is 0.364 bits per heavy atom. The van der Waals surface area contributed by atoms with Crippen molar-refractivity contribution in [3.63, 3.8) is 0 Å².